The fourth-order valence-corrected chi connectivity index (χ4v) is 3.39. The number of amides is 2. The monoisotopic (exact) mass is 377 g/mol. The van der Waals surface area contributed by atoms with Gasteiger partial charge < -0.3 is 20.3 Å². The summed E-state index contributed by atoms with van der Waals surface area (Å²) in [5, 5.41) is 11.6. The summed E-state index contributed by atoms with van der Waals surface area (Å²) < 4.78 is 29.0. The summed E-state index contributed by atoms with van der Waals surface area (Å²) in [5.41, 5.74) is -0.726. The predicted octanol–water partition coefficient (Wildman–Crippen LogP) is 3.35. The molecule has 140 valence electrons. The normalized spacial score (nSPS) is 24.3. The van der Waals surface area contributed by atoms with Gasteiger partial charge in [-0.1, -0.05) is 32.4 Å². The van der Waals surface area contributed by atoms with Gasteiger partial charge in [0.15, 0.2) is 5.82 Å². The van der Waals surface area contributed by atoms with Crippen molar-refractivity contribution in [2.75, 3.05) is 6.54 Å². The molecular formula is C16H22ClF2N3O3. The molecule has 1 aromatic rings. The standard InChI is InChI=1S/C16H22ClF2N3O3/c1-7-9(17)11(19)12(20-7)14(23)21-8-5-6-22(15(24)25)13(10(8)18)16(2,3)4/h8,10,13,20H,5-6H2,1-4H3,(H,21,23)(H,24,25)/t8-,10+,13?/m1/s1. The van der Waals surface area contributed by atoms with Crippen LogP contribution in [0.1, 0.15) is 43.4 Å². The Morgan fingerprint density at radius 2 is 2.00 bits per heavy atom. The Labute approximate surface area is 149 Å². The van der Waals surface area contributed by atoms with Crippen molar-refractivity contribution in [1.82, 2.24) is 15.2 Å². The number of nitrogens with zero attached hydrogens (tertiary/aromatic N) is 1. The number of aromatic amines is 1. The van der Waals surface area contributed by atoms with Gasteiger partial charge in [-0.3, -0.25) is 4.79 Å². The number of piperidine rings is 1. The second-order valence-electron chi connectivity index (χ2n) is 7.35. The molecule has 9 heteroatoms. The van der Waals surface area contributed by atoms with Crippen LogP contribution < -0.4 is 5.32 Å². The third kappa shape index (κ3) is 3.73. The van der Waals surface area contributed by atoms with E-state index >= 15 is 4.39 Å². The molecule has 3 atom stereocenters. The van der Waals surface area contributed by atoms with E-state index in [-0.39, 0.29) is 23.7 Å². The molecule has 0 radical (unpaired) electrons. The molecule has 3 N–H and O–H groups in total. The third-order valence-electron chi connectivity index (χ3n) is 4.43. The fourth-order valence-electron chi connectivity index (χ4n) is 3.25. The maximum absolute atomic E-state index is 15.0. The van der Waals surface area contributed by atoms with Crippen molar-refractivity contribution >= 4 is 23.6 Å². The van der Waals surface area contributed by atoms with Crippen LogP contribution in [-0.2, 0) is 0 Å². The number of nitrogens with one attached hydrogen (secondary N) is 2. The molecule has 1 aromatic heterocycles. The number of hydrogen-bond acceptors (Lipinski definition) is 2. The van der Waals surface area contributed by atoms with E-state index in [1.54, 1.807) is 20.8 Å². The van der Waals surface area contributed by atoms with Gasteiger partial charge in [-0.15, -0.1) is 0 Å². The number of H-pyrrole nitrogens is 1. The lowest BCUT2D eigenvalue weighted by Crippen LogP contribution is -2.63. The molecule has 25 heavy (non-hydrogen) atoms. The summed E-state index contributed by atoms with van der Waals surface area (Å²) in [6.45, 7) is 6.80. The van der Waals surface area contributed by atoms with Gasteiger partial charge >= 0.3 is 6.09 Å². The first kappa shape index (κ1) is 19.5. The van der Waals surface area contributed by atoms with Gasteiger partial charge in [0.25, 0.3) is 5.91 Å². The third-order valence-corrected chi connectivity index (χ3v) is 4.88. The molecule has 1 fully saturated rings. The van der Waals surface area contributed by atoms with Gasteiger partial charge in [-0.25, -0.2) is 13.6 Å². The number of aromatic nitrogens is 1. The Balaban J connectivity index is 2.21. The Bertz CT molecular complexity index is 687. The van der Waals surface area contributed by atoms with Crippen molar-refractivity contribution in [2.45, 2.75) is 52.4 Å². The van der Waals surface area contributed by atoms with Gasteiger partial charge in [0, 0.05) is 12.2 Å². The van der Waals surface area contributed by atoms with Crippen LogP contribution in [-0.4, -0.2) is 51.8 Å². The van der Waals surface area contributed by atoms with Crippen molar-refractivity contribution < 1.29 is 23.5 Å². The number of hydrogen-bond donors (Lipinski definition) is 3. The fraction of sp³-hybridized carbons (Fsp3) is 0.625. The summed E-state index contributed by atoms with van der Waals surface area (Å²) in [4.78, 5) is 27.3. The minimum atomic E-state index is -1.62. The first-order chi connectivity index (χ1) is 11.4. The molecule has 2 heterocycles. The smallest absolute Gasteiger partial charge is 0.407 e. The molecule has 0 spiro atoms. The first-order valence-corrected chi connectivity index (χ1v) is 8.31. The zero-order valence-corrected chi connectivity index (χ0v) is 15.2. The van der Waals surface area contributed by atoms with E-state index in [1.807, 2.05) is 0 Å². The molecule has 0 bridgehead atoms. The van der Waals surface area contributed by atoms with Crippen LogP contribution in [0.4, 0.5) is 13.6 Å². The van der Waals surface area contributed by atoms with Gasteiger partial charge in [0.05, 0.1) is 17.1 Å². The van der Waals surface area contributed by atoms with Crippen LogP contribution in [0.5, 0.6) is 0 Å². The van der Waals surface area contributed by atoms with E-state index in [0.717, 1.165) is 4.90 Å². The van der Waals surface area contributed by atoms with Crippen LogP contribution in [0.3, 0.4) is 0 Å². The highest BCUT2D eigenvalue weighted by atomic mass is 35.5. The summed E-state index contributed by atoms with van der Waals surface area (Å²) in [6, 6.07) is -1.85. The zero-order valence-electron chi connectivity index (χ0n) is 14.5. The van der Waals surface area contributed by atoms with Gasteiger partial charge in [0.2, 0.25) is 0 Å². The van der Waals surface area contributed by atoms with Gasteiger partial charge in [-0.05, 0) is 18.8 Å². The average Bonchev–Trinajstić information content (AvgIpc) is 2.75. The van der Waals surface area contributed by atoms with E-state index in [2.05, 4.69) is 10.3 Å². The Hall–Kier alpha value is -1.83. The Morgan fingerprint density at radius 1 is 1.40 bits per heavy atom. The largest absolute Gasteiger partial charge is 0.465 e. The zero-order chi connectivity index (χ0) is 19.1. The van der Waals surface area contributed by atoms with Crippen molar-refractivity contribution in [2.24, 2.45) is 5.41 Å². The number of carbonyl (C=O) groups is 2. The second-order valence-corrected chi connectivity index (χ2v) is 7.73. The van der Waals surface area contributed by atoms with E-state index in [0.29, 0.717) is 5.69 Å². The van der Waals surface area contributed by atoms with E-state index < -0.39 is 41.5 Å². The number of rotatable bonds is 2. The van der Waals surface area contributed by atoms with Crippen molar-refractivity contribution in [1.29, 1.82) is 0 Å². The maximum Gasteiger partial charge on any atom is 0.407 e. The molecule has 1 aliphatic rings. The topological polar surface area (TPSA) is 85.4 Å². The highest BCUT2D eigenvalue weighted by Gasteiger charge is 2.47. The summed E-state index contributed by atoms with van der Waals surface area (Å²) >= 11 is 5.72. The van der Waals surface area contributed by atoms with Crippen LogP contribution in [0.25, 0.3) is 0 Å². The van der Waals surface area contributed by atoms with Gasteiger partial charge in [-0.2, -0.15) is 0 Å². The number of alkyl halides is 1. The van der Waals surface area contributed by atoms with Crippen LogP contribution in [0.15, 0.2) is 0 Å². The molecule has 1 aliphatic heterocycles. The molecule has 6 nitrogen and oxygen atoms in total. The number of halogens is 3. The summed E-state index contributed by atoms with van der Waals surface area (Å²) in [6.07, 6.45) is -2.73. The Morgan fingerprint density at radius 3 is 2.44 bits per heavy atom. The van der Waals surface area contributed by atoms with Crippen LogP contribution in [0, 0.1) is 18.2 Å². The quantitative estimate of drug-likeness (QED) is 0.738. The van der Waals surface area contributed by atoms with E-state index in [9.17, 15) is 19.1 Å². The molecule has 1 saturated heterocycles. The van der Waals surface area contributed by atoms with E-state index in [1.165, 1.54) is 6.92 Å². The molecule has 2 amide bonds. The lowest BCUT2D eigenvalue weighted by atomic mass is 9.78. The summed E-state index contributed by atoms with van der Waals surface area (Å²) in [7, 11) is 0. The second kappa shape index (κ2) is 6.82. The SMILES string of the molecule is Cc1[nH]c(C(=O)N[C@@H]2CCN(C(=O)O)C(C(C)(C)C)[C@H]2F)c(F)c1Cl. The van der Waals surface area contributed by atoms with Crippen LogP contribution >= 0.6 is 11.6 Å². The molecule has 2 rings (SSSR count). The van der Waals surface area contributed by atoms with Crippen LogP contribution in [0.2, 0.25) is 5.02 Å². The number of aryl methyl sites for hydroxylation is 1. The highest BCUT2D eigenvalue weighted by molar-refractivity contribution is 6.31. The molecule has 0 saturated carbocycles. The van der Waals surface area contributed by atoms with Crippen molar-refractivity contribution in [3.05, 3.63) is 22.2 Å². The molecule has 0 aliphatic carbocycles. The lowest BCUT2D eigenvalue weighted by molar-refractivity contribution is -0.00847. The van der Waals surface area contributed by atoms with Crippen molar-refractivity contribution in [3.8, 4) is 0 Å². The molecule has 0 aromatic carbocycles. The highest BCUT2D eigenvalue weighted by Crippen LogP contribution is 2.34. The number of likely N-dealkylation sites (tertiary alicyclic amines) is 1. The lowest BCUT2D eigenvalue weighted by Gasteiger charge is -2.46. The first-order valence-electron chi connectivity index (χ1n) is 7.93. The van der Waals surface area contributed by atoms with E-state index in [4.69, 9.17) is 11.6 Å². The Kier molecular flexibility index (Phi) is 5.32. The minimum absolute atomic E-state index is 0.0790. The molecular weight excluding hydrogens is 356 g/mol. The maximum atomic E-state index is 15.0. The summed E-state index contributed by atoms with van der Waals surface area (Å²) in [5.74, 6) is -1.70. The average molecular weight is 378 g/mol. The minimum Gasteiger partial charge on any atom is -0.465 e. The number of carbonyl (C=O) groups excluding carboxylic acids is 1. The number of carboxylic acid groups (broad SMARTS) is 1. The molecule has 1 unspecified atom stereocenters. The predicted molar refractivity (Wildman–Crippen MR) is 89.2 cm³/mol. The van der Waals surface area contributed by atoms with Gasteiger partial charge in [0.1, 0.15) is 11.9 Å². The van der Waals surface area contributed by atoms with Crippen molar-refractivity contribution in [3.63, 3.8) is 0 Å².